The van der Waals surface area contributed by atoms with Crippen molar-refractivity contribution in [3.63, 3.8) is 0 Å². The molecule has 0 radical (unpaired) electrons. The highest BCUT2D eigenvalue weighted by Crippen LogP contribution is 2.29. The number of hydrogen-bond acceptors (Lipinski definition) is 3. The number of aromatic nitrogens is 3. The summed E-state index contributed by atoms with van der Waals surface area (Å²) >= 11 is 6.26. The molecule has 2 heterocycles. The van der Waals surface area contributed by atoms with Crippen molar-refractivity contribution in [1.29, 1.82) is 0 Å². The Labute approximate surface area is 192 Å². The molecule has 5 nitrogen and oxygen atoms in total. The number of fused-ring (bicyclic) bond motifs is 3. The van der Waals surface area contributed by atoms with Crippen LogP contribution in [0, 0.1) is 11.6 Å². The first-order chi connectivity index (χ1) is 15.9. The van der Waals surface area contributed by atoms with Gasteiger partial charge in [0.1, 0.15) is 28.4 Å². The largest absolute Gasteiger partial charge is 0.497 e. The van der Waals surface area contributed by atoms with E-state index in [4.69, 9.17) is 16.3 Å². The molecule has 0 atom stereocenters. The Morgan fingerprint density at radius 3 is 2.58 bits per heavy atom. The molecule has 0 aliphatic rings. The van der Waals surface area contributed by atoms with Crippen molar-refractivity contribution >= 4 is 33.5 Å². The number of rotatable bonds is 5. The SMILES string of the molecule is COc1cccc(Cn2cnc3c4cc(F)ccc4n(Cc4ccc(F)cc4Cl)c3c2=O)c1. The van der Waals surface area contributed by atoms with E-state index >= 15 is 0 Å². The van der Waals surface area contributed by atoms with Crippen LogP contribution in [0.5, 0.6) is 5.75 Å². The van der Waals surface area contributed by atoms with Crippen LogP contribution in [0.3, 0.4) is 0 Å². The van der Waals surface area contributed by atoms with Gasteiger partial charge in [-0.3, -0.25) is 9.36 Å². The van der Waals surface area contributed by atoms with Crippen LogP contribution in [0.15, 0.2) is 71.8 Å². The van der Waals surface area contributed by atoms with Crippen LogP contribution < -0.4 is 10.3 Å². The molecule has 166 valence electrons. The molecule has 0 N–H and O–H groups in total. The maximum Gasteiger partial charge on any atom is 0.278 e. The highest BCUT2D eigenvalue weighted by molar-refractivity contribution is 6.31. The Bertz CT molecular complexity index is 1580. The summed E-state index contributed by atoms with van der Waals surface area (Å²) in [5.41, 5.74) is 2.57. The zero-order chi connectivity index (χ0) is 23.1. The second-order valence-electron chi connectivity index (χ2n) is 7.71. The van der Waals surface area contributed by atoms with E-state index in [9.17, 15) is 13.6 Å². The topological polar surface area (TPSA) is 49.0 Å². The lowest BCUT2D eigenvalue weighted by molar-refractivity contribution is 0.414. The monoisotopic (exact) mass is 465 g/mol. The molecule has 0 saturated heterocycles. The van der Waals surface area contributed by atoms with E-state index in [-0.39, 0.29) is 23.7 Å². The van der Waals surface area contributed by atoms with Gasteiger partial charge in [-0.2, -0.15) is 0 Å². The van der Waals surface area contributed by atoms with E-state index in [1.807, 2.05) is 24.3 Å². The zero-order valence-corrected chi connectivity index (χ0v) is 18.3. The summed E-state index contributed by atoms with van der Waals surface area (Å²) in [7, 11) is 1.58. The summed E-state index contributed by atoms with van der Waals surface area (Å²) in [6.45, 7) is 0.483. The molecule has 0 aliphatic heterocycles. The van der Waals surface area contributed by atoms with E-state index < -0.39 is 11.6 Å². The number of methoxy groups -OCH3 is 1. The molecule has 5 rings (SSSR count). The molecule has 5 aromatic rings. The molecule has 0 saturated carbocycles. The Balaban J connectivity index is 1.71. The first-order valence-corrected chi connectivity index (χ1v) is 10.6. The van der Waals surface area contributed by atoms with Crippen LogP contribution in [-0.4, -0.2) is 21.2 Å². The first-order valence-electron chi connectivity index (χ1n) is 10.2. The second-order valence-corrected chi connectivity index (χ2v) is 8.12. The van der Waals surface area contributed by atoms with Crippen molar-refractivity contribution in [3.05, 3.63) is 105 Å². The Hall–Kier alpha value is -3.71. The van der Waals surface area contributed by atoms with Gasteiger partial charge in [0.15, 0.2) is 0 Å². The van der Waals surface area contributed by atoms with Crippen LogP contribution >= 0.6 is 11.6 Å². The average molecular weight is 466 g/mol. The number of ether oxygens (including phenoxy) is 1. The molecule has 2 aromatic heterocycles. The average Bonchev–Trinajstić information content (AvgIpc) is 3.11. The lowest BCUT2D eigenvalue weighted by Crippen LogP contribution is -2.23. The minimum Gasteiger partial charge on any atom is -0.497 e. The minimum absolute atomic E-state index is 0.199. The molecule has 0 spiro atoms. The summed E-state index contributed by atoms with van der Waals surface area (Å²) in [4.78, 5) is 18.1. The molecule has 33 heavy (non-hydrogen) atoms. The van der Waals surface area contributed by atoms with Crippen molar-refractivity contribution in [2.45, 2.75) is 13.1 Å². The van der Waals surface area contributed by atoms with Gasteiger partial charge in [0.25, 0.3) is 5.56 Å². The maximum absolute atomic E-state index is 14.1. The van der Waals surface area contributed by atoms with Crippen LogP contribution in [0.2, 0.25) is 5.02 Å². The molecular weight excluding hydrogens is 448 g/mol. The summed E-state index contributed by atoms with van der Waals surface area (Å²) < 4.78 is 36.1. The third-order valence-electron chi connectivity index (χ3n) is 5.62. The van der Waals surface area contributed by atoms with Gasteiger partial charge in [-0.1, -0.05) is 29.8 Å². The highest BCUT2D eigenvalue weighted by Gasteiger charge is 2.18. The summed E-state index contributed by atoms with van der Waals surface area (Å²) in [6, 6.07) is 15.8. The quantitative estimate of drug-likeness (QED) is 0.350. The Morgan fingerprint density at radius 2 is 1.79 bits per heavy atom. The Morgan fingerprint density at radius 1 is 1.00 bits per heavy atom. The second kappa shape index (κ2) is 8.33. The predicted molar refractivity (Wildman–Crippen MR) is 124 cm³/mol. The third-order valence-corrected chi connectivity index (χ3v) is 5.97. The maximum atomic E-state index is 14.1. The zero-order valence-electron chi connectivity index (χ0n) is 17.6. The van der Waals surface area contributed by atoms with Crippen molar-refractivity contribution in [2.24, 2.45) is 0 Å². The molecule has 0 bridgehead atoms. The molecule has 0 aliphatic carbocycles. The molecular formula is C25H18ClF2N3O2. The van der Waals surface area contributed by atoms with Crippen LogP contribution in [0.1, 0.15) is 11.1 Å². The van der Waals surface area contributed by atoms with E-state index in [0.29, 0.717) is 33.2 Å². The standard InChI is InChI=1S/C25H18ClF2N3O2/c1-33-19-4-2-3-15(9-19)12-30-14-29-23-20-10-17(27)7-8-22(20)31(24(23)25(30)32)13-16-5-6-18(28)11-21(16)26/h2-11,14H,12-13H2,1H3. The van der Waals surface area contributed by atoms with Crippen molar-refractivity contribution in [3.8, 4) is 5.75 Å². The molecule has 0 amide bonds. The molecule has 8 heteroatoms. The van der Waals surface area contributed by atoms with Crippen molar-refractivity contribution < 1.29 is 13.5 Å². The van der Waals surface area contributed by atoms with Gasteiger partial charge >= 0.3 is 0 Å². The number of hydrogen-bond donors (Lipinski definition) is 0. The minimum atomic E-state index is -0.449. The van der Waals surface area contributed by atoms with Crippen LogP contribution in [0.25, 0.3) is 21.9 Å². The summed E-state index contributed by atoms with van der Waals surface area (Å²) in [5.74, 6) is -0.191. The van der Waals surface area contributed by atoms with Gasteiger partial charge < -0.3 is 9.30 Å². The third kappa shape index (κ3) is 3.85. The first kappa shape index (κ1) is 21.2. The van der Waals surface area contributed by atoms with Crippen molar-refractivity contribution in [2.75, 3.05) is 7.11 Å². The van der Waals surface area contributed by atoms with E-state index in [1.165, 1.54) is 35.2 Å². The summed E-state index contributed by atoms with van der Waals surface area (Å²) in [6.07, 6.45) is 1.46. The van der Waals surface area contributed by atoms with Crippen molar-refractivity contribution in [1.82, 2.24) is 14.1 Å². The highest BCUT2D eigenvalue weighted by atomic mass is 35.5. The smallest absolute Gasteiger partial charge is 0.278 e. The Kier molecular flexibility index (Phi) is 5.34. The van der Waals surface area contributed by atoms with Gasteiger partial charge in [-0.05, 0) is 53.6 Å². The normalized spacial score (nSPS) is 11.4. The predicted octanol–water partition coefficient (Wildman–Crippen LogP) is 5.39. The lowest BCUT2D eigenvalue weighted by Gasteiger charge is -2.11. The lowest BCUT2D eigenvalue weighted by atomic mass is 10.2. The molecule has 0 unspecified atom stereocenters. The number of halogens is 3. The van der Waals surface area contributed by atoms with Crippen LogP contribution in [0.4, 0.5) is 8.78 Å². The van der Waals surface area contributed by atoms with E-state index in [0.717, 1.165) is 5.56 Å². The van der Waals surface area contributed by atoms with Crippen LogP contribution in [-0.2, 0) is 13.1 Å². The fourth-order valence-corrected chi connectivity index (χ4v) is 4.26. The van der Waals surface area contributed by atoms with Gasteiger partial charge in [-0.15, -0.1) is 0 Å². The fourth-order valence-electron chi connectivity index (χ4n) is 4.04. The van der Waals surface area contributed by atoms with Gasteiger partial charge in [0, 0.05) is 17.0 Å². The van der Waals surface area contributed by atoms with Gasteiger partial charge in [-0.25, -0.2) is 13.8 Å². The summed E-state index contributed by atoms with van der Waals surface area (Å²) in [5, 5.41) is 0.765. The fraction of sp³-hybridized carbons (Fsp3) is 0.120. The molecule has 0 fully saturated rings. The number of nitrogens with zero attached hydrogens (tertiary/aromatic N) is 3. The van der Waals surface area contributed by atoms with Gasteiger partial charge in [0.05, 0.1) is 25.5 Å². The van der Waals surface area contributed by atoms with E-state index in [1.54, 1.807) is 23.8 Å². The van der Waals surface area contributed by atoms with E-state index in [2.05, 4.69) is 4.98 Å². The molecule has 3 aromatic carbocycles. The number of benzene rings is 3. The van der Waals surface area contributed by atoms with Gasteiger partial charge in [0.2, 0.25) is 0 Å².